The average Bonchev–Trinajstić information content (AvgIpc) is 3.04. The number of fused-ring (bicyclic) bond motifs is 3. The number of amides is 1. The van der Waals surface area contributed by atoms with Gasteiger partial charge in [-0.25, -0.2) is 0 Å². The van der Waals surface area contributed by atoms with Gasteiger partial charge in [-0.3, -0.25) is 4.79 Å². The summed E-state index contributed by atoms with van der Waals surface area (Å²) < 4.78 is 11.4. The van der Waals surface area contributed by atoms with Gasteiger partial charge in [0.2, 0.25) is 0 Å². The van der Waals surface area contributed by atoms with Gasteiger partial charge in [-0.15, -0.1) is 0 Å². The number of carbonyl (C=O) groups is 1. The highest BCUT2D eigenvalue weighted by Gasteiger charge is 2.09. The van der Waals surface area contributed by atoms with Crippen LogP contribution >= 0.6 is 0 Å². The van der Waals surface area contributed by atoms with Crippen LogP contribution in [0.3, 0.4) is 0 Å². The van der Waals surface area contributed by atoms with Gasteiger partial charge in [-0.05, 0) is 42.5 Å². The van der Waals surface area contributed by atoms with Crippen molar-refractivity contribution < 1.29 is 13.9 Å². The molecular weight excluding hydrogens is 328 g/mol. The maximum absolute atomic E-state index is 12.1. The van der Waals surface area contributed by atoms with Gasteiger partial charge in [0.15, 0.2) is 6.61 Å². The summed E-state index contributed by atoms with van der Waals surface area (Å²) in [7, 11) is 0. The fourth-order valence-corrected chi connectivity index (χ4v) is 2.81. The number of ether oxygens (including phenoxy) is 1. The first-order valence-electron chi connectivity index (χ1n) is 8.07. The van der Waals surface area contributed by atoms with Crippen LogP contribution < -0.4 is 10.1 Å². The zero-order chi connectivity index (χ0) is 17.9. The summed E-state index contributed by atoms with van der Waals surface area (Å²) in [5.41, 5.74) is 2.64. The Morgan fingerprint density at radius 3 is 2.73 bits per heavy atom. The van der Waals surface area contributed by atoms with Crippen LogP contribution in [-0.2, 0) is 4.79 Å². The molecule has 1 heterocycles. The van der Waals surface area contributed by atoms with E-state index in [1.807, 2.05) is 42.5 Å². The number of benzene rings is 3. The zero-order valence-corrected chi connectivity index (χ0v) is 13.7. The fraction of sp³-hybridized carbons (Fsp3) is 0.0476. The lowest BCUT2D eigenvalue weighted by atomic mass is 10.1. The molecule has 5 nitrogen and oxygen atoms in total. The standard InChI is InChI=1S/C21H14N2O3/c22-12-14-4-3-5-15(10-14)23-21(24)13-25-16-8-9-20-18(11-16)17-6-1-2-7-19(17)26-20/h1-11H,13H2,(H,23,24). The minimum absolute atomic E-state index is 0.127. The van der Waals surface area contributed by atoms with Crippen LogP contribution in [0.4, 0.5) is 5.69 Å². The van der Waals surface area contributed by atoms with Gasteiger partial charge in [0.25, 0.3) is 5.91 Å². The third kappa shape index (κ3) is 3.08. The number of carbonyl (C=O) groups excluding carboxylic acids is 1. The molecule has 1 N–H and O–H groups in total. The minimum atomic E-state index is -0.294. The molecule has 126 valence electrons. The van der Waals surface area contributed by atoms with Crippen molar-refractivity contribution in [2.45, 2.75) is 0 Å². The molecule has 26 heavy (non-hydrogen) atoms. The summed E-state index contributed by atoms with van der Waals surface area (Å²) in [6.45, 7) is -0.127. The summed E-state index contributed by atoms with van der Waals surface area (Å²) >= 11 is 0. The molecule has 0 saturated heterocycles. The van der Waals surface area contributed by atoms with Crippen molar-refractivity contribution in [3.63, 3.8) is 0 Å². The molecule has 0 aliphatic heterocycles. The predicted molar refractivity (Wildman–Crippen MR) is 99.0 cm³/mol. The van der Waals surface area contributed by atoms with E-state index in [2.05, 4.69) is 5.32 Å². The molecule has 0 aliphatic rings. The second kappa shape index (κ2) is 6.61. The number of anilines is 1. The molecular formula is C21H14N2O3. The minimum Gasteiger partial charge on any atom is -0.484 e. The fourth-order valence-electron chi connectivity index (χ4n) is 2.81. The Kier molecular flexibility index (Phi) is 4.00. The van der Waals surface area contributed by atoms with Crippen LogP contribution in [-0.4, -0.2) is 12.5 Å². The second-order valence-electron chi connectivity index (χ2n) is 5.79. The number of furan rings is 1. The largest absolute Gasteiger partial charge is 0.484 e. The van der Waals surface area contributed by atoms with Crippen molar-refractivity contribution in [2.24, 2.45) is 0 Å². The predicted octanol–water partition coefficient (Wildman–Crippen LogP) is 4.48. The van der Waals surface area contributed by atoms with Crippen molar-refractivity contribution in [1.82, 2.24) is 0 Å². The van der Waals surface area contributed by atoms with E-state index in [4.69, 9.17) is 14.4 Å². The van der Waals surface area contributed by atoms with Crippen LogP contribution in [0.2, 0.25) is 0 Å². The maximum atomic E-state index is 12.1. The first kappa shape index (κ1) is 15.7. The smallest absolute Gasteiger partial charge is 0.262 e. The SMILES string of the molecule is N#Cc1cccc(NC(=O)COc2ccc3oc4ccccc4c3c2)c1. The molecule has 0 radical (unpaired) electrons. The maximum Gasteiger partial charge on any atom is 0.262 e. The monoisotopic (exact) mass is 342 g/mol. The van der Waals surface area contributed by atoms with E-state index in [0.29, 0.717) is 17.0 Å². The topological polar surface area (TPSA) is 75.3 Å². The molecule has 4 rings (SSSR count). The molecule has 3 aromatic carbocycles. The molecule has 0 saturated carbocycles. The summed E-state index contributed by atoms with van der Waals surface area (Å²) in [4.78, 5) is 12.1. The van der Waals surface area contributed by atoms with Gasteiger partial charge in [0, 0.05) is 16.5 Å². The lowest BCUT2D eigenvalue weighted by Gasteiger charge is -2.08. The van der Waals surface area contributed by atoms with Crippen molar-refractivity contribution in [2.75, 3.05) is 11.9 Å². The zero-order valence-electron chi connectivity index (χ0n) is 13.7. The van der Waals surface area contributed by atoms with Crippen molar-refractivity contribution in [1.29, 1.82) is 5.26 Å². The van der Waals surface area contributed by atoms with Crippen LogP contribution in [0.25, 0.3) is 21.9 Å². The Balaban J connectivity index is 1.48. The Labute approximate surface area is 149 Å². The molecule has 4 aromatic rings. The van der Waals surface area contributed by atoms with Crippen LogP contribution in [0.5, 0.6) is 5.75 Å². The lowest BCUT2D eigenvalue weighted by Crippen LogP contribution is -2.20. The molecule has 1 aromatic heterocycles. The van der Waals surface area contributed by atoms with E-state index in [1.165, 1.54) is 0 Å². The Hall–Kier alpha value is -3.78. The number of hydrogen-bond acceptors (Lipinski definition) is 4. The Bertz CT molecular complexity index is 1150. The molecule has 0 fully saturated rings. The van der Waals surface area contributed by atoms with Crippen molar-refractivity contribution in [3.05, 3.63) is 72.3 Å². The third-order valence-electron chi connectivity index (χ3n) is 3.99. The van der Waals surface area contributed by atoms with Gasteiger partial charge in [0.05, 0.1) is 11.6 Å². The van der Waals surface area contributed by atoms with Crippen LogP contribution in [0.1, 0.15) is 5.56 Å². The van der Waals surface area contributed by atoms with E-state index in [0.717, 1.165) is 21.9 Å². The normalized spacial score (nSPS) is 10.6. The first-order valence-corrected chi connectivity index (χ1v) is 8.07. The van der Waals surface area contributed by atoms with Crippen LogP contribution in [0.15, 0.2) is 71.1 Å². The highest BCUT2D eigenvalue weighted by Crippen LogP contribution is 2.31. The quantitative estimate of drug-likeness (QED) is 0.593. The Morgan fingerprint density at radius 1 is 1.00 bits per heavy atom. The third-order valence-corrected chi connectivity index (χ3v) is 3.99. The second-order valence-corrected chi connectivity index (χ2v) is 5.79. The summed E-state index contributed by atoms with van der Waals surface area (Å²) in [5, 5.41) is 13.6. The summed E-state index contributed by atoms with van der Waals surface area (Å²) in [6, 6.07) is 22.0. The molecule has 0 bridgehead atoms. The first-order chi connectivity index (χ1) is 12.7. The van der Waals surface area contributed by atoms with E-state index >= 15 is 0 Å². The molecule has 5 heteroatoms. The Morgan fingerprint density at radius 2 is 1.85 bits per heavy atom. The van der Waals surface area contributed by atoms with Gasteiger partial charge in [-0.2, -0.15) is 5.26 Å². The highest BCUT2D eigenvalue weighted by molar-refractivity contribution is 6.05. The number of para-hydroxylation sites is 1. The lowest BCUT2D eigenvalue weighted by molar-refractivity contribution is -0.118. The van der Waals surface area contributed by atoms with Gasteiger partial charge in [-0.1, -0.05) is 24.3 Å². The number of hydrogen-bond donors (Lipinski definition) is 1. The van der Waals surface area contributed by atoms with Gasteiger partial charge < -0.3 is 14.5 Å². The number of nitrogens with one attached hydrogen (secondary N) is 1. The number of rotatable bonds is 4. The van der Waals surface area contributed by atoms with Crippen molar-refractivity contribution in [3.8, 4) is 11.8 Å². The summed E-state index contributed by atoms with van der Waals surface area (Å²) in [6.07, 6.45) is 0. The van der Waals surface area contributed by atoms with Gasteiger partial charge >= 0.3 is 0 Å². The molecule has 0 aliphatic carbocycles. The molecule has 0 atom stereocenters. The van der Waals surface area contributed by atoms with E-state index in [-0.39, 0.29) is 12.5 Å². The van der Waals surface area contributed by atoms with Crippen molar-refractivity contribution >= 4 is 33.5 Å². The van der Waals surface area contributed by atoms with E-state index in [9.17, 15) is 4.79 Å². The van der Waals surface area contributed by atoms with E-state index < -0.39 is 0 Å². The molecule has 1 amide bonds. The summed E-state index contributed by atoms with van der Waals surface area (Å²) in [5.74, 6) is 0.294. The van der Waals surface area contributed by atoms with Gasteiger partial charge in [0.1, 0.15) is 16.9 Å². The highest BCUT2D eigenvalue weighted by atomic mass is 16.5. The molecule has 0 spiro atoms. The van der Waals surface area contributed by atoms with E-state index in [1.54, 1.807) is 30.3 Å². The van der Waals surface area contributed by atoms with Crippen LogP contribution in [0, 0.1) is 11.3 Å². The molecule has 0 unspecified atom stereocenters. The number of nitrogens with zero attached hydrogens (tertiary/aromatic N) is 1. The average molecular weight is 342 g/mol. The number of nitriles is 1.